The highest BCUT2D eigenvalue weighted by molar-refractivity contribution is 6.07. The maximum Gasteiger partial charge on any atom is 0.326 e. The molecule has 0 aliphatic rings. The van der Waals surface area contributed by atoms with Crippen LogP contribution in [0.4, 0.5) is 0 Å². The first kappa shape index (κ1) is 18.4. The molecule has 0 radical (unpaired) electrons. The van der Waals surface area contributed by atoms with Gasteiger partial charge in [0.2, 0.25) is 0 Å². The lowest BCUT2D eigenvalue weighted by Crippen LogP contribution is -2.45. The summed E-state index contributed by atoms with van der Waals surface area (Å²) in [7, 11) is 0. The second kappa shape index (κ2) is 8.28. The van der Waals surface area contributed by atoms with Gasteiger partial charge in [0.1, 0.15) is 6.04 Å². The van der Waals surface area contributed by atoms with Gasteiger partial charge in [-0.1, -0.05) is 43.3 Å². The van der Waals surface area contributed by atoms with Crippen LogP contribution in [0.15, 0.2) is 42.5 Å². The van der Waals surface area contributed by atoms with E-state index in [1.165, 1.54) is 0 Å². The van der Waals surface area contributed by atoms with Crippen molar-refractivity contribution in [2.45, 2.75) is 26.3 Å². The predicted molar refractivity (Wildman–Crippen MR) is 93.3 cm³/mol. The quantitative estimate of drug-likeness (QED) is 0.754. The molecule has 1 amide bonds. The third kappa shape index (κ3) is 4.56. The summed E-state index contributed by atoms with van der Waals surface area (Å²) >= 11 is 0. The summed E-state index contributed by atoms with van der Waals surface area (Å²) in [5.74, 6) is -2.76. The third-order valence-electron chi connectivity index (χ3n) is 3.95. The Kier molecular flexibility index (Phi) is 6.11. The van der Waals surface area contributed by atoms with E-state index in [2.05, 4.69) is 5.32 Å². The van der Waals surface area contributed by atoms with E-state index in [0.29, 0.717) is 5.56 Å². The molecule has 0 unspecified atom stereocenters. The summed E-state index contributed by atoms with van der Waals surface area (Å²) < 4.78 is 4.85. The predicted octanol–water partition coefficient (Wildman–Crippen LogP) is 2.61. The average molecular weight is 343 g/mol. The van der Waals surface area contributed by atoms with Crippen molar-refractivity contribution in [3.05, 3.63) is 48.0 Å². The standard InChI is InChI=1S/C19H21NO5/c1-3-25-16(21)11-12(2)17(19(23)24)20-18(22)15-10-6-8-13-7-4-5-9-14(13)15/h4-10,12,17H,3,11H2,1-2H3,(H,20,22)(H,23,24)/t12-,17-/m1/s1. The molecule has 6 nitrogen and oxygen atoms in total. The number of carbonyl (C=O) groups excluding carboxylic acids is 2. The fraction of sp³-hybridized carbons (Fsp3) is 0.316. The Hall–Kier alpha value is -2.89. The van der Waals surface area contributed by atoms with Crippen molar-refractivity contribution < 1.29 is 24.2 Å². The van der Waals surface area contributed by atoms with Gasteiger partial charge in [-0.2, -0.15) is 0 Å². The van der Waals surface area contributed by atoms with Gasteiger partial charge in [-0.05, 0) is 29.7 Å². The number of fused-ring (bicyclic) bond motifs is 1. The van der Waals surface area contributed by atoms with Crippen molar-refractivity contribution in [1.82, 2.24) is 5.32 Å². The van der Waals surface area contributed by atoms with Crippen LogP contribution in [0.2, 0.25) is 0 Å². The largest absolute Gasteiger partial charge is 0.480 e. The minimum absolute atomic E-state index is 0.0827. The van der Waals surface area contributed by atoms with Crippen LogP contribution in [0.5, 0.6) is 0 Å². The van der Waals surface area contributed by atoms with Crippen molar-refractivity contribution in [3.8, 4) is 0 Å². The Morgan fingerprint density at radius 3 is 2.48 bits per heavy atom. The number of carboxylic acids is 1. The van der Waals surface area contributed by atoms with Crippen molar-refractivity contribution in [2.24, 2.45) is 5.92 Å². The summed E-state index contributed by atoms with van der Waals surface area (Å²) in [4.78, 5) is 35.7. The fourth-order valence-electron chi connectivity index (χ4n) is 2.69. The maximum atomic E-state index is 12.6. The molecule has 0 saturated carbocycles. The van der Waals surface area contributed by atoms with E-state index in [1.807, 2.05) is 30.3 Å². The molecule has 25 heavy (non-hydrogen) atoms. The molecular formula is C19H21NO5. The van der Waals surface area contributed by atoms with Gasteiger partial charge in [0.25, 0.3) is 5.91 Å². The first-order valence-corrected chi connectivity index (χ1v) is 8.11. The Balaban J connectivity index is 2.20. The zero-order valence-electron chi connectivity index (χ0n) is 14.2. The van der Waals surface area contributed by atoms with Gasteiger partial charge in [0.15, 0.2) is 0 Å². The summed E-state index contributed by atoms with van der Waals surface area (Å²) in [6.07, 6.45) is -0.0827. The number of aliphatic carboxylic acids is 1. The summed E-state index contributed by atoms with van der Waals surface area (Å²) in [6, 6.07) is 11.5. The number of rotatable bonds is 7. The van der Waals surface area contributed by atoms with Crippen LogP contribution >= 0.6 is 0 Å². The molecule has 132 valence electrons. The van der Waals surface area contributed by atoms with Crippen LogP contribution in [0.1, 0.15) is 30.6 Å². The van der Waals surface area contributed by atoms with Crippen LogP contribution in [-0.4, -0.2) is 35.6 Å². The van der Waals surface area contributed by atoms with Crippen molar-refractivity contribution in [1.29, 1.82) is 0 Å². The molecule has 0 heterocycles. The second-order valence-corrected chi connectivity index (χ2v) is 5.80. The van der Waals surface area contributed by atoms with E-state index < -0.39 is 29.8 Å². The van der Waals surface area contributed by atoms with E-state index in [-0.39, 0.29) is 13.0 Å². The zero-order chi connectivity index (χ0) is 18.4. The van der Waals surface area contributed by atoms with Crippen molar-refractivity contribution in [2.75, 3.05) is 6.61 Å². The summed E-state index contributed by atoms with van der Waals surface area (Å²) in [6.45, 7) is 3.50. The molecule has 0 aromatic heterocycles. The molecule has 0 aliphatic carbocycles. The zero-order valence-corrected chi connectivity index (χ0v) is 14.2. The molecule has 0 fully saturated rings. The highest BCUT2D eigenvalue weighted by Gasteiger charge is 2.29. The normalized spacial score (nSPS) is 13.0. The van der Waals surface area contributed by atoms with Crippen LogP contribution in [0.25, 0.3) is 10.8 Å². The highest BCUT2D eigenvalue weighted by atomic mass is 16.5. The number of ether oxygens (including phenoxy) is 1. The third-order valence-corrected chi connectivity index (χ3v) is 3.95. The van der Waals surface area contributed by atoms with Crippen LogP contribution in [-0.2, 0) is 14.3 Å². The lowest BCUT2D eigenvalue weighted by Gasteiger charge is -2.21. The average Bonchev–Trinajstić information content (AvgIpc) is 2.58. The molecule has 0 aliphatic heterocycles. The molecule has 0 bridgehead atoms. The second-order valence-electron chi connectivity index (χ2n) is 5.80. The van der Waals surface area contributed by atoms with Crippen LogP contribution in [0, 0.1) is 5.92 Å². The van der Waals surface area contributed by atoms with Gasteiger partial charge < -0.3 is 15.2 Å². The molecule has 2 atom stereocenters. The number of amides is 1. The van der Waals surface area contributed by atoms with Gasteiger partial charge >= 0.3 is 11.9 Å². The monoisotopic (exact) mass is 343 g/mol. The van der Waals surface area contributed by atoms with Gasteiger partial charge in [-0.3, -0.25) is 9.59 Å². The number of hydrogen-bond acceptors (Lipinski definition) is 4. The van der Waals surface area contributed by atoms with Crippen molar-refractivity contribution >= 4 is 28.6 Å². The molecule has 2 rings (SSSR count). The molecule has 2 aromatic carbocycles. The fourth-order valence-corrected chi connectivity index (χ4v) is 2.69. The Morgan fingerprint density at radius 1 is 1.12 bits per heavy atom. The van der Waals surface area contributed by atoms with Crippen LogP contribution < -0.4 is 5.32 Å². The smallest absolute Gasteiger partial charge is 0.326 e. The van der Waals surface area contributed by atoms with E-state index in [1.54, 1.807) is 26.0 Å². The Labute approximate surface area is 145 Å². The highest BCUT2D eigenvalue weighted by Crippen LogP contribution is 2.19. The molecule has 2 aromatic rings. The molecule has 0 spiro atoms. The summed E-state index contributed by atoms with van der Waals surface area (Å²) in [5.41, 5.74) is 0.396. The number of carbonyl (C=O) groups is 3. The van der Waals surface area contributed by atoms with Gasteiger partial charge in [-0.15, -0.1) is 0 Å². The van der Waals surface area contributed by atoms with Crippen LogP contribution in [0.3, 0.4) is 0 Å². The summed E-state index contributed by atoms with van der Waals surface area (Å²) in [5, 5.41) is 13.6. The van der Waals surface area contributed by atoms with Gasteiger partial charge in [0, 0.05) is 5.56 Å². The maximum absolute atomic E-state index is 12.6. The SMILES string of the molecule is CCOC(=O)C[C@@H](C)[C@@H](NC(=O)c1cccc2ccccc12)C(=O)O. The van der Waals surface area contributed by atoms with Gasteiger partial charge in [-0.25, -0.2) is 4.79 Å². The van der Waals surface area contributed by atoms with E-state index in [0.717, 1.165) is 10.8 Å². The molecule has 6 heteroatoms. The van der Waals surface area contributed by atoms with E-state index in [9.17, 15) is 19.5 Å². The first-order valence-electron chi connectivity index (χ1n) is 8.11. The lowest BCUT2D eigenvalue weighted by atomic mass is 9.97. The first-order chi connectivity index (χ1) is 11.9. The number of nitrogens with one attached hydrogen (secondary N) is 1. The Morgan fingerprint density at radius 2 is 1.80 bits per heavy atom. The van der Waals surface area contributed by atoms with Crippen molar-refractivity contribution in [3.63, 3.8) is 0 Å². The number of carboxylic acid groups (broad SMARTS) is 1. The topological polar surface area (TPSA) is 92.7 Å². The minimum Gasteiger partial charge on any atom is -0.480 e. The number of benzene rings is 2. The van der Waals surface area contributed by atoms with E-state index >= 15 is 0 Å². The number of hydrogen-bond donors (Lipinski definition) is 2. The molecular weight excluding hydrogens is 322 g/mol. The lowest BCUT2D eigenvalue weighted by molar-refractivity contribution is -0.145. The van der Waals surface area contributed by atoms with E-state index in [4.69, 9.17) is 4.74 Å². The Bertz CT molecular complexity index is 781. The molecule has 2 N–H and O–H groups in total. The molecule has 0 saturated heterocycles. The minimum atomic E-state index is -1.19. The number of esters is 1. The van der Waals surface area contributed by atoms with Gasteiger partial charge in [0.05, 0.1) is 13.0 Å².